The molecule has 1 aliphatic rings. The van der Waals surface area contributed by atoms with Gasteiger partial charge in [-0.2, -0.15) is 5.26 Å². The molecule has 0 bridgehead atoms. The second kappa shape index (κ2) is 8.60. The van der Waals surface area contributed by atoms with Gasteiger partial charge in [0.1, 0.15) is 5.76 Å². The van der Waals surface area contributed by atoms with Crippen LogP contribution in [-0.4, -0.2) is 17.6 Å². The van der Waals surface area contributed by atoms with Crippen LogP contribution in [0.1, 0.15) is 29.2 Å². The Balaban J connectivity index is 1.69. The molecule has 0 spiro atoms. The largest absolute Gasteiger partial charge is 0.467 e. The highest BCUT2D eigenvalue weighted by Crippen LogP contribution is 2.35. The summed E-state index contributed by atoms with van der Waals surface area (Å²) >= 11 is 1.16. The van der Waals surface area contributed by atoms with Crippen LogP contribution in [0, 0.1) is 18.3 Å². The van der Waals surface area contributed by atoms with Crippen molar-refractivity contribution in [3.63, 3.8) is 0 Å². The van der Waals surface area contributed by atoms with E-state index in [1.807, 2.05) is 31.2 Å². The first kappa shape index (κ1) is 18.8. The predicted molar refractivity (Wildman–Crippen MR) is 102 cm³/mol. The van der Waals surface area contributed by atoms with Crippen LogP contribution in [-0.2, 0) is 16.1 Å². The van der Waals surface area contributed by atoms with Gasteiger partial charge in [-0.3, -0.25) is 9.59 Å². The Hall–Kier alpha value is -2.98. The summed E-state index contributed by atoms with van der Waals surface area (Å²) in [5.41, 5.74) is 2.53. The van der Waals surface area contributed by atoms with Gasteiger partial charge in [0.05, 0.1) is 35.2 Å². The van der Waals surface area contributed by atoms with Gasteiger partial charge in [-0.25, -0.2) is 0 Å². The molecule has 7 heteroatoms. The van der Waals surface area contributed by atoms with E-state index in [1.54, 1.807) is 18.4 Å². The molecule has 138 valence electrons. The van der Waals surface area contributed by atoms with Crippen molar-refractivity contribution < 1.29 is 14.0 Å². The van der Waals surface area contributed by atoms with E-state index in [-0.39, 0.29) is 29.9 Å². The maximum atomic E-state index is 12.1. The van der Waals surface area contributed by atoms with Gasteiger partial charge in [0.15, 0.2) is 0 Å². The van der Waals surface area contributed by atoms with Crippen molar-refractivity contribution in [3.8, 4) is 6.07 Å². The van der Waals surface area contributed by atoms with Crippen molar-refractivity contribution in [1.82, 2.24) is 10.6 Å². The zero-order chi connectivity index (χ0) is 19.2. The highest BCUT2D eigenvalue weighted by atomic mass is 32.2. The van der Waals surface area contributed by atoms with E-state index in [0.717, 1.165) is 22.9 Å². The zero-order valence-electron chi connectivity index (χ0n) is 14.8. The molecule has 2 N–H and O–H groups in total. The standard InChI is InChI=1S/C20H19N3O3S/c1-13-4-6-14(7-5-13)16-9-18(24)23-20(17(16)10-21)27-12-19(25)22-11-15-3-2-8-26-15/h2-8,16H,9,11-12H2,1H3,(H,22,25)(H,23,24)/t16-/m1/s1. The third kappa shape index (κ3) is 4.80. The van der Waals surface area contributed by atoms with Gasteiger partial charge in [-0.1, -0.05) is 41.6 Å². The Labute approximate surface area is 161 Å². The lowest BCUT2D eigenvalue weighted by molar-refractivity contribution is -0.121. The van der Waals surface area contributed by atoms with E-state index in [4.69, 9.17) is 4.42 Å². The number of thioether (sulfide) groups is 1. The molecule has 2 heterocycles. The van der Waals surface area contributed by atoms with Crippen LogP contribution in [0.3, 0.4) is 0 Å². The molecule has 0 saturated carbocycles. The summed E-state index contributed by atoms with van der Waals surface area (Å²) in [5.74, 6) is 0.113. The van der Waals surface area contributed by atoms with Crippen LogP contribution in [0.5, 0.6) is 0 Å². The van der Waals surface area contributed by atoms with Crippen LogP contribution in [0.25, 0.3) is 0 Å². The van der Waals surface area contributed by atoms with E-state index < -0.39 is 0 Å². The molecule has 1 aromatic heterocycles. The molecule has 0 radical (unpaired) electrons. The number of hydrogen-bond donors (Lipinski definition) is 2. The molecule has 27 heavy (non-hydrogen) atoms. The number of rotatable bonds is 6. The second-order valence-electron chi connectivity index (χ2n) is 6.21. The average molecular weight is 381 g/mol. The molecule has 6 nitrogen and oxygen atoms in total. The summed E-state index contributed by atoms with van der Waals surface area (Å²) in [5, 5.41) is 15.6. The lowest BCUT2D eigenvalue weighted by Crippen LogP contribution is -2.32. The topological polar surface area (TPSA) is 95.1 Å². The quantitative estimate of drug-likeness (QED) is 0.802. The molecule has 1 aliphatic heterocycles. The summed E-state index contributed by atoms with van der Waals surface area (Å²) in [6.07, 6.45) is 1.77. The number of allylic oxidation sites excluding steroid dienone is 1. The number of benzene rings is 1. The van der Waals surface area contributed by atoms with Gasteiger partial charge < -0.3 is 15.1 Å². The smallest absolute Gasteiger partial charge is 0.230 e. The Morgan fingerprint density at radius 1 is 1.37 bits per heavy atom. The first-order chi connectivity index (χ1) is 13.1. The van der Waals surface area contributed by atoms with Crippen LogP contribution in [0.15, 0.2) is 57.7 Å². The minimum Gasteiger partial charge on any atom is -0.467 e. The third-order valence-electron chi connectivity index (χ3n) is 4.22. The molecule has 3 rings (SSSR count). The molecule has 0 fully saturated rings. The number of aryl methyl sites for hydroxylation is 1. The number of hydrogen-bond acceptors (Lipinski definition) is 5. The van der Waals surface area contributed by atoms with E-state index in [2.05, 4.69) is 16.7 Å². The number of carbonyl (C=O) groups is 2. The fourth-order valence-electron chi connectivity index (χ4n) is 2.80. The molecular weight excluding hydrogens is 362 g/mol. The molecule has 2 amide bonds. The first-order valence-corrected chi connectivity index (χ1v) is 9.48. The molecule has 1 aromatic carbocycles. The number of furan rings is 1. The SMILES string of the molecule is Cc1ccc([C@H]2CC(=O)NC(SCC(=O)NCc3ccco3)=C2C#N)cc1. The molecular formula is C20H19N3O3S. The lowest BCUT2D eigenvalue weighted by atomic mass is 9.87. The molecule has 0 saturated heterocycles. The van der Waals surface area contributed by atoms with E-state index in [1.165, 1.54) is 0 Å². The lowest BCUT2D eigenvalue weighted by Gasteiger charge is -2.25. The van der Waals surface area contributed by atoms with Crippen LogP contribution in [0.2, 0.25) is 0 Å². The fraction of sp³-hybridized carbons (Fsp3) is 0.250. The van der Waals surface area contributed by atoms with Crippen molar-refractivity contribution in [2.75, 3.05) is 5.75 Å². The van der Waals surface area contributed by atoms with Crippen LogP contribution >= 0.6 is 11.8 Å². The van der Waals surface area contributed by atoms with Crippen molar-refractivity contribution >= 4 is 23.6 Å². The van der Waals surface area contributed by atoms with Gasteiger partial charge in [0, 0.05) is 12.3 Å². The molecule has 0 aliphatic carbocycles. The van der Waals surface area contributed by atoms with Gasteiger partial charge >= 0.3 is 0 Å². The van der Waals surface area contributed by atoms with E-state index in [0.29, 0.717) is 22.9 Å². The van der Waals surface area contributed by atoms with Crippen molar-refractivity contribution in [1.29, 1.82) is 5.26 Å². The number of nitrogens with zero attached hydrogens (tertiary/aromatic N) is 1. The van der Waals surface area contributed by atoms with Gasteiger partial charge in [-0.05, 0) is 24.6 Å². The summed E-state index contributed by atoms with van der Waals surface area (Å²) in [4.78, 5) is 24.2. The van der Waals surface area contributed by atoms with Crippen molar-refractivity contribution in [2.45, 2.75) is 25.8 Å². The Morgan fingerprint density at radius 3 is 2.81 bits per heavy atom. The van der Waals surface area contributed by atoms with Crippen molar-refractivity contribution in [3.05, 3.63) is 70.2 Å². The van der Waals surface area contributed by atoms with Crippen LogP contribution in [0.4, 0.5) is 0 Å². The number of carbonyl (C=O) groups excluding carboxylic acids is 2. The minimum atomic E-state index is -0.293. The van der Waals surface area contributed by atoms with Crippen LogP contribution < -0.4 is 10.6 Å². The second-order valence-corrected chi connectivity index (χ2v) is 7.20. The maximum absolute atomic E-state index is 12.1. The zero-order valence-corrected chi connectivity index (χ0v) is 15.6. The number of nitriles is 1. The average Bonchev–Trinajstić information content (AvgIpc) is 3.18. The predicted octanol–water partition coefficient (Wildman–Crippen LogP) is 2.98. The van der Waals surface area contributed by atoms with Crippen molar-refractivity contribution in [2.24, 2.45) is 0 Å². The van der Waals surface area contributed by atoms with Gasteiger partial charge in [-0.15, -0.1) is 0 Å². The molecule has 0 unspecified atom stereocenters. The highest BCUT2D eigenvalue weighted by Gasteiger charge is 2.29. The summed E-state index contributed by atoms with van der Waals surface area (Å²) in [6.45, 7) is 2.29. The monoisotopic (exact) mass is 381 g/mol. The summed E-state index contributed by atoms with van der Waals surface area (Å²) < 4.78 is 5.17. The fourth-order valence-corrected chi connectivity index (χ4v) is 3.71. The van der Waals surface area contributed by atoms with Gasteiger partial charge in [0.25, 0.3) is 0 Å². The summed E-state index contributed by atoms with van der Waals surface area (Å²) in [7, 11) is 0. The Kier molecular flexibility index (Phi) is 5.99. The van der Waals surface area contributed by atoms with E-state index >= 15 is 0 Å². The number of nitrogens with one attached hydrogen (secondary N) is 2. The Bertz CT molecular complexity index is 896. The minimum absolute atomic E-state index is 0.0993. The normalized spacial score (nSPS) is 16.6. The number of amides is 2. The first-order valence-electron chi connectivity index (χ1n) is 8.49. The molecule has 1 atom stereocenters. The third-order valence-corrected chi connectivity index (χ3v) is 5.24. The maximum Gasteiger partial charge on any atom is 0.230 e. The molecule has 2 aromatic rings. The van der Waals surface area contributed by atoms with Gasteiger partial charge in [0.2, 0.25) is 11.8 Å². The Morgan fingerprint density at radius 2 is 2.15 bits per heavy atom. The highest BCUT2D eigenvalue weighted by molar-refractivity contribution is 8.03. The van der Waals surface area contributed by atoms with E-state index in [9.17, 15) is 14.9 Å². The summed E-state index contributed by atoms with van der Waals surface area (Å²) in [6, 6.07) is 13.5.